The van der Waals surface area contributed by atoms with Gasteiger partial charge in [-0.1, -0.05) is 60.5 Å². The van der Waals surface area contributed by atoms with E-state index in [4.69, 9.17) is 27.9 Å². The van der Waals surface area contributed by atoms with Crippen LogP contribution < -0.4 is 10.1 Å². The summed E-state index contributed by atoms with van der Waals surface area (Å²) in [5.41, 5.74) is 2.03. The molecule has 2 nitrogen and oxygen atoms in total. The van der Waals surface area contributed by atoms with Crippen LogP contribution in [0.4, 0.5) is 5.69 Å². The Bertz CT molecular complexity index is 828. The van der Waals surface area contributed by atoms with Crippen molar-refractivity contribution in [3.8, 4) is 5.75 Å². The maximum atomic E-state index is 6.08. The Morgan fingerprint density at radius 1 is 0.958 bits per heavy atom. The minimum absolute atomic E-state index is 0.616. The Morgan fingerprint density at radius 3 is 2.46 bits per heavy atom. The number of rotatable bonds is 6. The molecule has 0 aliphatic rings. The molecule has 1 N–H and O–H groups in total. The second-order valence-electron chi connectivity index (χ2n) is 5.62. The fourth-order valence-corrected chi connectivity index (χ4v) is 3.22. The molecule has 124 valence electrons. The fraction of sp³-hybridized carbons (Fsp3) is 0.200. The first kappa shape index (κ1) is 16.9. The van der Waals surface area contributed by atoms with Crippen LogP contribution in [-0.4, -0.2) is 6.61 Å². The van der Waals surface area contributed by atoms with Crippen molar-refractivity contribution < 1.29 is 4.74 Å². The van der Waals surface area contributed by atoms with E-state index in [1.54, 1.807) is 6.07 Å². The molecule has 3 aromatic carbocycles. The second kappa shape index (κ2) is 7.78. The highest BCUT2D eigenvalue weighted by atomic mass is 35.5. The van der Waals surface area contributed by atoms with Crippen LogP contribution in [0.1, 0.15) is 18.9 Å². The molecule has 0 saturated carbocycles. The van der Waals surface area contributed by atoms with Crippen LogP contribution in [0, 0.1) is 0 Å². The lowest BCUT2D eigenvalue weighted by molar-refractivity contribution is 0.315. The van der Waals surface area contributed by atoms with E-state index in [1.807, 2.05) is 30.3 Å². The van der Waals surface area contributed by atoms with Gasteiger partial charge in [0.05, 0.1) is 6.61 Å². The number of halogens is 2. The first-order valence-corrected chi connectivity index (χ1v) is 8.76. The predicted molar refractivity (Wildman–Crippen MR) is 104 cm³/mol. The number of nitrogens with one attached hydrogen (secondary N) is 1. The van der Waals surface area contributed by atoms with Crippen LogP contribution in [0.5, 0.6) is 5.75 Å². The lowest BCUT2D eigenvalue weighted by atomic mass is 10.0. The number of anilines is 1. The second-order valence-corrected chi connectivity index (χ2v) is 6.50. The topological polar surface area (TPSA) is 21.3 Å². The van der Waals surface area contributed by atoms with Crippen molar-refractivity contribution in [1.29, 1.82) is 0 Å². The summed E-state index contributed by atoms with van der Waals surface area (Å²) in [6, 6.07) is 17.9. The average Bonchev–Trinajstić information content (AvgIpc) is 2.57. The van der Waals surface area contributed by atoms with Crippen LogP contribution in [-0.2, 0) is 6.54 Å². The molecule has 0 saturated heterocycles. The van der Waals surface area contributed by atoms with E-state index in [-0.39, 0.29) is 0 Å². The van der Waals surface area contributed by atoms with E-state index in [0.717, 1.165) is 23.4 Å². The summed E-state index contributed by atoms with van der Waals surface area (Å²) in [6.45, 7) is 3.44. The van der Waals surface area contributed by atoms with Gasteiger partial charge in [-0.2, -0.15) is 0 Å². The highest BCUT2D eigenvalue weighted by Gasteiger charge is 2.09. The molecule has 24 heavy (non-hydrogen) atoms. The summed E-state index contributed by atoms with van der Waals surface area (Å²) in [6.07, 6.45) is 0.976. The van der Waals surface area contributed by atoms with Crippen molar-refractivity contribution in [2.75, 3.05) is 11.9 Å². The average molecular weight is 360 g/mol. The molecule has 3 aromatic rings. The molecular formula is C20H19Cl2NO. The molecule has 0 aliphatic heterocycles. The van der Waals surface area contributed by atoms with Gasteiger partial charge in [0.15, 0.2) is 0 Å². The summed E-state index contributed by atoms with van der Waals surface area (Å²) in [4.78, 5) is 0. The van der Waals surface area contributed by atoms with Gasteiger partial charge in [0.2, 0.25) is 0 Å². The summed E-state index contributed by atoms with van der Waals surface area (Å²) < 4.78 is 5.94. The third-order valence-electron chi connectivity index (χ3n) is 3.79. The monoisotopic (exact) mass is 359 g/mol. The molecule has 0 aromatic heterocycles. The predicted octanol–water partition coefficient (Wildman–Crippen LogP) is 6.55. The third-order valence-corrected chi connectivity index (χ3v) is 4.23. The van der Waals surface area contributed by atoms with Crippen LogP contribution in [0.2, 0.25) is 10.0 Å². The van der Waals surface area contributed by atoms with Gasteiger partial charge in [-0.05, 0) is 41.5 Å². The number of hydrogen-bond donors (Lipinski definition) is 1. The van der Waals surface area contributed by atoms with Crippen molar-refractivity contribution in [1.82, 2.24) is 0 Å². The van der Waals surface area contributed by atoms with E-state index in [0.29, 0.717) is 23.2 Å². The van der Waals surface area contributed by atoms with Gasteiger partial charge in [0, 0.05) is 27.8 Å². The van der Waals surface area contributed by atoms with Crippen molar-refractivity contribution in [3.05, 3.63) is 70.2 Å². The summed E-state index contributed by atoms with van der Waals surface area (Å²) in [5, 5.41) is 7.02. The van der Waals surface area contributed by atoms with Crippen LogP contribution >= 0.6 is 23.2 Å². The molecule has 3 rings (SSSR count). The Morgan fingerprint density at radius 2 is 1.71 bits per heavy atom. The van der Waals surface area contributed by atoms with Gasteiger partial charge in [-0.25, -0.2) is 0 Å². The lowest BCUT2D eigenvalue weighted by Crippen LogP contribution is -2.05. The molecule has 0 atom stereocenters. The molecular weight excluding hydrogens is 341 g/mol. The Hall–Kier alpha value is -1.90. The maximum absolute atomic E-state index is 6.08. The van der Waals surface area contributed by atoms with Crippen molar-refractivity contribution in [3.63, 3.8) is 0 Å². The highest BCUT2D eigenvalue weighted by Crippen LogP contribution is 2.30. The lowest BCUT2D eigenvalue weighted by Gasteiger charge is -2.15. The van der Waals surface area contributed by atoms with Gasteiger partial charge in [-0.3, -0.25) is 0 Å². The van der Waals surface area contributed by atoms with Crippen molar-refractivity contribution >= 4 is 39.7 Å². The van der Waals surface area contributed by atoms with Gasteiger partial charge < -0.3 is 10.1 Å². The smallest absolute Gasteiger partial charge is 0.124 e. The first-order valence-electron chi connectivity index (χ1n) is 8.01. The van der Waals surface area contributed by atoms with Crippen molar-refractivity contribution in [2.45, 2.75) is 19.9 Å². The zero-order chi connectivity index (χ0) is 16.9. The molecule has 0 amide bonds. The Balaban J connectivity index is 1.93. The minimum atomic E-state index is 0.616. The number of hydrogen-bond acceptors (Lipinski definition) is 2. The van der Waals surface area contributed by atoms with E-state index < -0.39 is 0 Å². The third kappa shape index (κ3) is 3.95. The molecule has 0 aliphatic carbocycles. The Kier molecular flexibility index (Phi) is 5.49. The summed E-state index contributed by atoms with van der Waals surface area (Å²) >= 11 is 12.2. The summed E-state index contributed by atoms with van der Waals surface area (Å²) in [5.74, 6) is 0.913. The SMILES string of the molecule is CCCOc1ccc2ccccc2c1CNc1cc(Cl)cc(Cl)c1. The minimum Gasteiger partial charge on any atom is -0.493 e. The largest absolute Gasteiger partial charge is 0.493 e. The van der Waals surface area contributed by atoms with Gasteiger partial charge in [0.25, 0.3) is 0 Å². The van der Waals surface area contributed by atoms with Crippen LogP contribution in [0.3, 0.4) is 0 Å². The molecule has 0 unspecified atom stereocenters. The summed E-state index contributed by atoms with van der Waals surface area (Å²) in [7, 11) is 0. The molecule has 0 fully saturated rings. The number of ether oxygens (including phenoxy) is 1. The van der Waals surface area contributed by atoms with Crippen molar-refractivity contribution in [2.24, 2.45) is 0 Å². The highest BCUT2D eigenvalue weighted by molar-refractivity contribution is 6.35. The molecule has 0 heterocycles. The molecule has 0 spiro atoms. The van der Waals surface area contributed by atoms with Gasteiger partial charge in [0.1, 0.15) is 5.75 Å². The molecule has 0 bridgehead atoms. The fourth-order valence-electron chi connectivity index (χ4n) is 2.69. The number of fused-ring (bicyclic) bond motifs is 1. The van der Waals surface area contributed by atoms with Crippen LogP contribution in [0.25, 0.3) is 10.8 Å². The molecule has 4 heteroatoms. The van der Waals surface area contributed by atoms with Gasteiger partial charge in [-0.15, -0.1) is 0 Å². The standard InChI is InChI=1S/C20H19Cl2NO/c1-2-9-24-20-8-7-14-5-3-4-6-18(14)19(20)13-23-17-11-15(21)10-16(22)12-17/h3-8,10-12,23H,2,9,13H2,1H3. The first-order chi connectivity index (χ1) is 11.7. The normalized spacial score (nSPS) is 10.8. The molecule has 0 radical (unpaired) electrons. The van der Waals surface area contributed by atoms with Crippen LogP contribution in [0.15, 0.2) is 54.6 Å². The quantitative estimate of drug-likeness (QED) is 0.538. The zero-order valence-corrected chi connectivity index (χ0v) is 15.0. The van der Waals surface area contributed by atoms with E-state index in [2.05, 4.69) is 30.4 Å². The van der Waals surface area contributed by atoms with E-state index >= 15 is 0 Å². The van der Waals surface area contributed by atoms with E-state index in [9.17, 15) is 0 Å². The van der Waals surface area contributed by atoms with E-state index in [1.165, 1.54) is 10.8 Å². The maximum Gasteiger partial charge on any atom is 0.124 e. The number of benzene rings is 3. The Labute approximate surface area is 152 Å². The zero-order valence-electron chi connectivity index (χ0n) is 13.5. The van der Waals surface area contributed by atoms with Gasteiger partial charge >= 0.3 is 0 Å².